The number of anilines is 1. The van der Waals surface area contributed by atoms with Gasteiger partial charge in [0.15, 0.2) is 5.76 Å². The third-order valence-electron chi connectivity index (χ3n) is 4.19. The number of amides is 2. The molecule has 0 spiro atoms. The van der Waals surface area contributed by atoms with Gasteiger partial charge in [0.05, 0.1) is 17.1 Å². The van der Waals surface area contributed by atoms with Crippen LogP contribution < -0.4 is 11.1 Å². The Hall–Kier alpha value is -2.59. The Bertz CT molecular complexity index is 993. The topological polar surface area (TPSA) is 124 Å². The lowest BCUT2D eigenvalue weighted by Gasteiger charge is -2.10. The lowest BCUT2D eigenvalue weighted by Crippen LogP contribution is -2.24. The highest BCUT2D eigenvalue weighted by Gasteiger charge is 2.27. The summed E-state index contributed by atoms with van der Waals surface area (Å²) in [5.74, 6) is -0.0587. The van der Waals surface area contributed by atoms with E-state index in [9.17, 15) is 9.59 Å². The summed E-state index contributed by atoms with van der Waals surface area (Å²) in [7, 11) is 0. The minimum atomic E-state index is -0.509. The van der Waals surface area contributed by atoms with Crippen molar-refractivity contribution in [1.82, 2.24) is 10.2 Å². The Labute approximate surface area is 162 Å². The molecule has 140 valence electrons. The molecular weight excluding hydrogens is 388 g/mol. The summed E-state index contributed by atoms with van der Waals surface area (Å²) in [5, 5.41) is 10.9. The third-order valence-corrected chi connectivity index (χ3v) is 6.33. The first-order valence-corrected chi connectivity index (χ1v) is 10.0. The van der Waals surface area contributed by atoms with Gasteiger partial charge in [-0.1, -0.05) is 11.8 Å². The maximum absolute atomic E-state index is 12.6. The van der Waals surface area contributed by atoms with Crippen LogP contribution in [0.2, 0.25) is 0 Å². The van der Waals surface area contributed by atoms with Gasteiger partial charge in [0.2, 0.25) is 5.91 Å². The molecule has 1 aliphatic rings. The Morgan fingerprint density at radius 1 is 1.37 bits per heavy atom. The van der Waals surface area contributed by atoms with Gasteiger partial charge in [0.25, 0.3) is 17.0 Å². The number of nitrogens with zero attached hydrogens (tertiary/aromatic N) is 2. The van der Waals surface area contributed by atoms with E-state index < -0.39 is 11.2 Å². The Kier molecular flexibility index (Phi) is 4.75. The van der Waals surface area contributed by atoms with Crippen LogP contribution in [0.15, 0.2) is 32.5 Å². The van der Waals surface area contributed by atoms with E-state index in [1.54, 1.807) is 19.1 Å². The van der Waals surface area contributed by atoms with Crippen molar-refractivity contribution in [2.24, 2.45) is 5.73 Å². The number of aromatic nitrogens is 2. The number of furan rings is 1. The first-order chi connectivity index (χ1) is 13.0. The summed E-state index contributed by atoms with van der Waals surface area (Å²) in [4.78, 5) is 25.5. The second kappa shape index (κ2) is 7.20. The number of primary amides is 1. The monoisotopic (exact) mass is 404 g/mol. The average Bonchev–Trinajstić information content (AvgIpc) is 3.38. The van der Waals surface area contributed by atoms with E-state index >= 15 is 0 Å². The van der Waals surface area contributed by atoms with Crippen molar-refractivity contribution < 1.29 is 18.4 Å². The standard InChI is InChI=1S/C17H16N4O4S2/c1-8(26-17-21-20-15(25-17)10-5-3-7-24-10)14(23)19-16-12(13(18)22)9-4-2-6-11(9)27-16/h3,5,7-8H,2,4,6H2,1H3,(H2,18,22)(H,19,23). The minimum Gasteiger partial charge on any atom is -0.459 e. The molecule has 0 fully saturated rings. The van der Waals surface area contributed by atoms with Crippen LogP contribution in [0, 0.1) is 0 Å². The van der Waals surface area contributed by atoms with Gasteiger partial charge in [-0.15, -0.1) is 21.5 Å². The van der Waals surface area contributed by atoms with Crippen LogP contribution in [0.25, 0.3) is 11.7 Å². The van der Waals surface area contributed by atoms with Gasteiger partial charge in [0.1, 0.15) is 5.00 Å². The van der Waals surface area contributed by atoms with Gasteiger partial charge in [-0.3, -0.25) is 9.59 Å². The first kappa shape index (κ1) is 17.8. The summed E-state index contributed by atoms with van der Waals surface area (Å²) >= 11 is 2.55. The van der Waals surface area contributed by atoms with E-state index in [-0.39, 0.29) is 17.0 Å². The van der Waals surface area contributed by atoms with Gasteiger partial charge in [-0.05, 0) is 43.9 Å². The number of nitrogens with two attached hydrogens (primary N) is 1. The fraction of sp³-hybridized carbons (Fsp3) is 0.294. The molecule has 0 radical (unpaired) electrons. The van der Waals surface area contributed by atoms with Gasteiger partial charge in [-0.2, -0.15) is 0 Å². The van der Waals surface area contributed by atoms with Crippen molar-refractivity contribution in [3.8, 4) is 11.7 Å². The van der Waals surface area contributed by atoms with Gasteiger partial charge in [0, 0.05) is 4.88 Å². The van der Waals surface area contributed by atoms with Crippen LogP contribution in [0.5, 0.6) is 0 Å². The molecule has 0 bridgehead atoms. The number of hydrogen-bond donors (Lipinski definition) is 2. The van der Waals surface area contributed by atoms with Crippen molar-refractivity contribution in [2.75, 3.05) is 5.32 Å². The van der Waals surface area contributed by atoms with Crippen LogP contribution in [0.4, 0.5) is 5.00 Å². The van der Waals surface area contributed by atoms with E-state index in [4.69, 9.17) is 14.6 Å². The number of thiophene rings is 1. The number of aryl methyl sites for hydroxylation is 1. The molecule has 3 heterocycles. The van der Waals surface area contributed by atoms with Crippen molar-refractivity contribution in [3.05, 3.63) is 34.4 Å². The second-order valence-corrected chi connectivity index (χ2v) is 8.42. The van der Waals surface area contributed by atoms with Crippen molar-refractivity contribution in [2.45, 2.75) is 36.7 Å². The molecule has 2 amide bonds. The quantitative estimate of drug-likeness (QED) is 0.605. The molecule has 0 saturated carbocycles. The SMILES string of the molecule is CC(Sc1nnc(-c2ccco2)o1)C(=O)Nc1sc2c(c1C(N)=O)CCC2. The number of thioether (sulfide) groups is 1. The average molecular weight is 404 g/mol. The zero-order valence-electron chi connectivity index (χ0n) is 14.4. The summed E-state index contributed by atoms with van der Waals surface area (Å²) in [5.41, 5.74) is 6.94. The lowest BCUT2D eigenvalue weighted by molar-refractivity contribution is -0.115. The van der Waals surface area contributed by atoms with Crippen LogP contribution >= 0.6 is 23.1 Å². The predicted octanol–water partition coefficient (Wildman–Crippen LogP) is 3.10. The van der Waals surface area contributed by atoms with Crippen molar-refractivity contribution in [1.29, 1.82) is 0 Å². The minimum absolute atomic E-state index is 0.251. The molecule has 1 unspecified atom stereocenters. The maximum atomic E-state index is 12.6. The molecular formula is C17H16N4O4S2. The van der Waals surface area contributed by atoms with Gasteiger partial charge < -0.3 is 19.9 Å². The number of carbonyl (C=O) groups excluding carboxylic acids is 2. The van der Waals surface area contributed by atoms with Crippen LogP contribution in [-0.2, 0) is 17.6 Å². The Morgan fingerprint density at radius 3 is 2.96 bits per heavy atom. The van der Waals surface area contributed by atoms with E-state index in [0.29, 0.717) is 16.3 Å². The first-order valence-electron chi connectivity index (χ1n) is 8.32. The molecule has 1 atom stereocenters. The summed E-state index contributed by atoms with van der Waals surface area (Å²) < 4.78 is 10.7. The van der Waals surface area contributed by atoms with Crippen molar-refractivity contribution in [3.63, 3.8) is 0 Å². The number of fused-ring (bicyclic) bond motifs is 1. The third kappa shape index (κ3) is 3.50. The lowest BCUT2D eigenvalue weighted by atomic mass is 10.1. The molecule has 4 rings (SSSR count). The molecule has 3 N–H and O–H groups in total. The number of rotatable bonds is 6. The van der Waals surface area contributed by atoms with Gasteiger partial charge in [-0.25, -0.2) is 0 Å². The van der Waals surface area contributed by atoms with Crippen LogP contribution in [-0.4, -0.2) is 27.3 Å². The molecule has 0 saturated heterocycles. The molecule has 27 heavy (non-hydrogen) atoms. The van der Waals surface area contributed by atoms with Crippen molar-refractivity contribution >= 4 is 39.9 Å². The van der Waals surface area contributed by atoms with Crippen LogP contribution in [0.3, 0.4) is 0 Å². The molecule has 8 nitrogen and oxygen atoms in total. The number of carbonyl (C=O) groups is 2. The van der Waals surface area contributed by atoms with E-state index in [1.165, 1.54) is 17.6 Å². The van der Waals surface area contributed by atoms with E-state index in [0.717, 1.165) is 41.5 Å². The predicted molar refractivity (Wildman–Crippen MR) is 101 cm³/mol. The molecule has 0 aromatic carbocycles. The fourth-order valence-corrected chi connectivity index (χ4v) is 4.91. The maximum Gasteiger partial charge on any atom is 0.284 e. The summed E-state index contributed by atoms with van der Waals surface area (Å²) in [6, 6.07) is 3.43. The van der Waals surface area contributed by atoms with Crippen LogP contribution in [0.1, 0.15) is 34.1 Å². The summed E-state index contributed by atoms with van der Waals surface area (Å²) in [6.07, 6.45) is 4.26. The van der Waals surface area contributed by atoms with E-state index in [1.807, 2.05) is 0 Å². The molecule has 3 aromatic rings. The molecule has 10 heteroatoms. The molecule has 0 aliphatic heterocycles. The highest BCUT2D eigenvalue weighted by atomic mass is 32.2. The second-order valence-electron chi connectivity index (χ2n) is 6.03. The normalized spacial score (nSPS) is 14.1. The molecule has 3 aromatic heterocycles. The fourth-order valence-electron chi connectivity index (χ4n) is 2.93. The smallest absolute Gasteiger partial charge is 0.284 e. The zero-order valence-corrected chi connectivity index (χ0v) is 16.0. The Balaban J connectivity index is 1.45. The van der Waals surface area contributed by atoms with Gasteiger partial charge >= 0.3 is 0 Å². The summed E-state index contributed by atoms with van der Waals surface area (Å²) in [6.45, 7) is 1.72. The Morgan fingerprint density at radius 2 is 2.22 bits per heavy atom. The highest BCUT2D eigenvalue weighted by Crippen LogP contribution is 2.39. The highest BCUT2D eigenvalue weighted by molar-refractivity contribution is 8.00. The zero-order chi connectivity index (χ0) is 19.0. The number of hydrogen-bond acceptors (Lipinski definition) is 8. The molecule has 1 aliphatic carbocycles. The van der Waals surface area contributed by atoms with E-state index in [2.05, 4.69) is 15.5 Å². The number of nitrogens with one attached hydrogen (secondary N) is 1. The largest absolute Gasteiger partial charge is 0.459 e.